The zero-order valence-electron chi connectivity index (χ0n) is 16.1. The quantitative estimate of drug-likeness (QED) is 0.405. The molecule has 1 aromatic rings. The van der Waals surface area contributed by atoms with Crippen LogP contribution in [0.4, 0.5) is 0 Å². The van der Waals surface area contributed by atoms with E-state index in [0.717, 1.165) is 25.7 Å². The lowest BCUT2D eigenvalue weighted by atomic mass is 10.2. The van der Waals surface area contributed by atoms with Crippen LogP contribution in [0.1, 0.15) is 70.8 Å². The Morgan fingerprint density at radius 3 is 1.52 bits per heavy atom. The van der Waals surface area contributed by atoms with Crippen LogP contribution in [0, 0.1) is 6.92 Å². The van der Waals surface area contributed by atoms with E-state index in [1.807, 2.05) is 18.2 Å². The topological polar surface area (TPSA) is 52.6 Å². The molecule has 0 radical (unpaired) electrons. The van der Waals surface area contributed by atoms with Crippen molar-refractivity contribution in [2.75, 3.05) is 13.2 Å². The van der Waals surface area contributed by atoms with Crippen molar-refractivity contribution in [3.05, 3.63) is 35.9 Å². The number of rotatable bonds is 11. The molecule has 4 heteroatoms. The average Bonchev–Trinajstić information content (AvgIpc) is 2.60. The molecule has 0 aliphatic heterocycles. The highest BCUT2D eigenvalue weighted by Crippen LogP contribution is 2.04. The van der Waals surface area contributed by atoms with Crippen LogP contribution < -0.4 is 0 Å². The smallest absolute Gasteiger partial charge is 0.305 e. The molecule has 142 valence electrons. The third kappa shape index (κ3) is 16.8. The molecule has 0 aromatic heterocycles. The highest BCUT2D eigenvalue weighted by molar-refractivity contribution is 5.70. The third-order valence-electron chi connectivity index (χ3n) is 3.47. The predicted molar refractivity (Wildman–Crippen MR) is 101 cm³/mol. The molecule has 0 bridgehead atoms. The lowest BCUT2D eigenvalue weighted by Gasteiger charge is -2.04. The Morgan fingerprint density at radius 1 is 0.760 bits per heavy atom. The fourth-order valence-corrected chi connectivity index (χ4v) is 1.88. The summed E-state index contributed by atoms with van der Waals surface area (Å²) in [6.07, 6.45) is 6.04. The van der Waals surface area contributed by atoms with Crippen molar-refractivity contribution in [1.29, 1.82) is 0 Å². The normalized spacial score (nSPS) is 9.72. The van der Waals surface area contributed by atoms with E-state index in [9.17, 15) is 9.59 Å². The fourth-order valence-electron chi connectivity index (χ4n) is 1.88. The standard InChI is InChI=1S/C14H26O4.C7H8/c1-3-5-11-17-13(15)9-7-8-10-14(16)18-12-6-4-2;1-7-5-3-2-4-6-7/h3-12H2,1-2H3;2-6H,1H3. The van der Waals surface area contributed by atoms with Gasteiger partial charge in [0.05, 0.1) is 13.2 Å². The molecule has 0 spiro atoms. The second kappa shape index (κ2) is 17.0. The van der Waals surface area contributed by atoms with Crippen molar-refractivity contribution in [3.63, 3.8) is 0 Å². The van der Waals surface area contributed by atoms with Gasteiger partial charge >= 0.3 is 11.9 Å². The van der Waals surface area contributed by atoms with Gasteiger partial charge in [-0.05, 0) is 32.6 Å². The summed E-state index contributed by atoms with van der Waals surface area (Å²) in [6.45, 7) is 7.21. The Labute approximate surface area is 152 Å². The zero-order valence-corrected chi connectivity index (χ0v) is 16.1. The van der Waals surface area contributed by atoms with Gasteiger partial charge in [0.2, 0.25) is 0 Å². The van der Waals surface area contributed by atoms with Crippen molar-refractivity contribution >= 4 is 11.9 Å². The van der Waals surface area contributed by atoms with Crippen molar-refractivity contribution in [3.8, 4) is 0 Å². The van der Waals surface area contributed by atoms with Gasteiger partial charge in [0.25, 0.3) is 0 Å². The zero-order chi connectivity index (χ0) is 18.8. The molecule has 0 saturated heterocycles. The molecule has 0 aliphatic rings. The molecule has 0 aliphatic carbocycles. The Morgan fingerprint density at radius 2 is 1.20 bits per heavy atom. The summed E-state index contributed by atoms with van der Waals surface area (Å²) in [4.78, 5) is 22.5. The van der Waals surface area contributed by atoms with Gasteiger partial charge in [-0.1, -0.05) is 62.6 Å². The summed E-state index contributed by atoms with van der Waals surface area (Å²) < 4.78 is 10.0. The SMILES string of the molecule is CCCCOC(=O)CCCCC(=O)OCCCC.Cc1ccccc1. The third-order valence-corrected chi connectivity index (χ3v) is 3.47. The summed E-state index contributed by atoms with van der Waals surface area (Å²) in [5.74, 6) is -0.328. The van der Waals surface area contributed by atoms with E-state index in [4.69, 9.17) is 9.47 Å². The monoisotopic (exact) mass is 350 g/mol. The van der Waals surface area contributed by atoms with Crippen LogP contribution in [-0.2, 0) is 19.1 Å². The van der Waals surface area contributed by atoms with E-state index in [0.29, 0.717) is 38.9 Å². The first-order valence-corrected chi connectivity index (χ1v) is 9.43. The Kier molecular flexibility index (Phi) is 15.7. The van der Waals surface area contributed by atoms with Gasteiger partial charge in [0.1, 0.15) is 0 Å². The molecule has 0 fully saturated rings. The molecule has 1 rings (SSSR count). The number of aryl methyl sites for hydroxylation is 1. The van der Waals surface area contributed by atoms with Crippen molar-refractivity contribution < 1.29 is 19.1 Å². The second-order valence-electron chi connectivity index (χ2n) is 6.01. The number of unbranched alkanes of at least 4 members (excludes halogenated alkanes) is 3. The van der Waals surface area contributed by atoms with Gasteiger partial charge in [0, 0.05) is 12.8 Å². The minimum atomic E-state index is -0.164. The molecule has 25 heavy (non-hydrogen) atoms. The number of benzene rings is 1. The van der Waals surface area contributed by atoms with E-state index in [1.54, 1.807) is 0 Å². The van der Waals surface area contributed by atoms with Crippen LogP contribution >= 0.6 is 0 Å². The summed E-state index contributed by atoms with van der Waals surface area (Å²) in [5, 5.41) is 0. The van der Waals surface area contributed by atoms with E-state index in [2.05, 4.69) is 32.9 Å². The molecule has 0 N–H and O–H groups in total. The van der Waals surface area contributed by atoms with Crippen LogP contribution in [0.15, 0.2) is 30.3 Å². The highest BCUT2D eigenvalue weighted by atomic mass is 16.5. The lowest BCUT2D eigenvalue weighted by molar-refractivity contribution is -0.146. The number of carbonyl (C=O) groups is 2. The lowest BCUT2D eigenvalue weighted by Crippen LogP contribution is -2.07. The minimum Gasteiger partial charge on any atom is -0.466 e. The van der Waals surface area contributed by atoms with Crippen molar-refractivity contribution in [1.82, 2.24) is 0 Å². The van der Waals surface area contributed by atoms with Gasteiger partial charge in [-0.3, -0.25) is 9.59 Å². The molecule has 4 nitrogen and oxygen atoms in total. The number of hydrogen-bond donors (Lipinski definition) is 0. The van der Waals surface area contributed by atoms with Gasteiger partial charge in [-0.25, -0.2) is 0 Å². The maximum absolute atomic E-state index is 11.2. The van der Waals surface area contributed by atoms with Crippen molar-refractivity contribution in [2.24, 2.45) is 0 Å². The number of ether oxygens (including phenoxy) is 2. The summed E-state index contributed by atoms with van der Waals surface area (Å²) in [5.41, 5.74) is 1.32. The molecular weight excluding hydrogens is 316 g/mol. The molecule has 0 amide bonds. The molecule has 0 atom stereocenters. The molecule has 0 heterocycles. The van der Waals surface area contributed by atoms with Crippen LogP contribution in [0.2, 0.25) is 0 Å². The number of carbonyl (C=O) groups excluding carboxylic acids is 2. The summed E-state index contributed by atoms with van der Waals surface area (Å²) >= 11 is 0. The minimum absolute atomic E-state index is 0.164. The molecule has 1 aromatic carbocycles. The number of esters is 2. The Hall–Kier alpha value is -1.84. The van der Waals surface area contributed by atoms with Crippen LogP contribution in [0.3, 0.4) is 0 Å². The Balaban J connectivity index is 0.000000676. The predicted octanol–water partition coefficient (Wildman–Crippen LogP) is 5.23. The maximum Gasteiger partial charge on any atom is 0.305 e. The number of hydrogen-bond acceptors (Lipinski definition) is 4. The van der Waals surface area contributed by atoms with E-state index in [1.165, 1.54) is 5.56 Å². The Bertz CT molecular complexity index is 418. The van der Waals surface area contributed by atoms with E-state index < -0.39 is 0 Å². The van der Waals surface area contributed by atoms with Gasteiger partial charge in [-0.2, -0.15) is 0 Å². The van der Waals surface area contributed by atoms with E-state index >= 15 is 0 Å². The molecule has 0 saturated carbocycles. The fraction of sp³-hybridized carbons (Fsp3) is 0.619. The van der Waals surface area contributed by atoms with Gasteiger partial charge in [0.15, 0.2) is 0 Å². The summed E-state index contributed by atoms with van der Waals surface area (Å²) in [7, 11) is 0. The van der Waals surface area contributed by atoms with Crippen molar-refractivity contribution in [2.45, 2.75) is 72.1 Å². The van der Waals surface area contributed by atoms with E-state index in [-0.39, 0.29) is 11.9 Å². The van der Waals surface area contributed by atoms with Crippen LogP contribution in [0.5, 0.6) is 0 Å². The van der Waals surface area contributed by atoms with Gasteiger partial charge in [-0.15, -0.1) is 0 Å². The van der Waals surface area contributed by atoms with Crippen LogP contribution in [0.25, 0.3) is 0 Å². The highest BCUT2D eigenvalue weighted by Gasteiger charge is 2.05. The molecular formula is C21H34O4. The second-order valence-corrected chi connectivity index (χ2v) is 6.01. The maximum atomic E-state index is 11.2. The first kappa shape index (κ1) is 23.2. The average molecular weight is 350 g/mol. The summed E-state index contributed by atoms with van der Waals surface area (Å²) in [6, 6.07) is 10.3. The molecule has 0 unspecified atom stereocenters. The first-order valence-electron chi connectivity index (χ1n) is 9.43. The largest absolute Gasteiger partial charge is 0.466 e. The van der Waals surface area contributed by atoms with Gasteiger partial charge < -0.3 is 9.47 Å². The first-order chi connectivity index (χ1) is 12.1. The van der Waals surface area contributed by atoms with Crippen LogP contribution in [-0.4, -0.2) is 25.2 Å².